The van der Waals surface area contributed by atoms with Gasteiger partial charge in [0.25, 0.3) is 0 Å². The van der Waals surface area contributed by atoms with Gasteiger partial charge >= 0.3 is 5.97 Å². The normalized spacial score (nSPS) is 18.3. The predicted octanol–water partition coefficient (Wildman–Crippen LogP) is 7.62. The molecule has 1 aliphatic rings. The molecule has 0 saturated heterocycles. The number of esters is 1. The first-order chi connectivity index (χ1) is 17.0. The van der Waals surface area contributed by atoms with Crippen LogP contribution in [0.3, 0.4) is 0 Å². The average molecular weight is 508 g/mol. The fourth-order valence-corrected chi connectivity index (χ4v) is 4.25. The molecule has 0 aromatic heterocycles. The second kappa shape index (κ2) is 11.4. The SMILES string of the molecule is C=C(OCC)/C(F)=C(/F)C(=C)OC(=O)c1ccc(C2CCC(c3ccc(O)c(F)c3F)CC2)cc1F. The first kappa shape index (κ1) is 27.0. The maximum Gasteiger partial charge on any atom is 0.346 e. The van der Waals surface area contributed by atoms with Crippen LogP contribution < -0.4 is 0 Å². The fourth-order valence-electron chi connectivity index (χ4n) is 4.25. The third-order valence-electron chi connectivity index (χ3n) is 6.16. The maximum absolute atomic E-state index is 14.7. The van der Waals surface area contributed by atoms with Crippen LogP contribution in [-0.4, -0.2) is 17.7 Å². The highest BCUT2D eigenvalue weighted by molar-refractivity contribution is 5.90. The van der Waals surface area contributed by atoms with Crippen LogP contribution in [-0.2, 0) is 9.47 Å². The van der Waals surface area contributed by atoms with E-state index < -0.39 is 57.9 Å². The number of benzene rings is 2. The highest BCUT2D eigenvalue weighted by Crippen LogP contribution is 2.42. The molecule has 9 heteroatoms. The first-order valence-electron chi connectivity index (χ1n) is 11.3. The zero-order valence-corrected chi connectivity index (χ0v) is 19.6. The molecule has 0 spiro atoms. The van der Waals surface area contributed by atoms with E-state index in [1.807, 2.05) is 0 Å². The van der Waals surface area contributed by atoms with E-state index in [0.717, 1.165) is 12.1 Å². The largest absolute Gasteiger partial charge is 0.505 e. The summed E-state index contributed by atoms with van der Waals surface area (Å²) >= 11 is 0. The molecule has 0 heterocycles. The fraction of sp³-hybridized carbons (Fsp3) is 0.296. The molecule has 1 N–H and O–H groups in total. The molecule has 1 aliphatic carbocycles. The minimum absolute atomic E-state index is 0.0389. The molecule has 0 aliphatic heterocycles. The van der Waals surface area contributed by atoms with Gasteiger partial charge in [-0.3, -0.25) is 0 Å². The lowest BCUT2D eigenvalue weighted by Crippen LogP contribution is -2.14. The summed E-state index contributed by atoms with van der Waals surface area (Å²) in [6.45, 7) is 7.94. The number of ether oxygens (including phenoxy) is 2. The first-order valence-corrected chi connectivity index (χ1v) is 11.3. The van der Waals surface area contributed by atoms with Crippen LogP contribution in [0.15, 0.2) is 66.7 Å². The second-order valence-corrected chi connectivity index (χ2v) is 8.39. The Morgan fingerprint density at radius 1 is 0.944 bits per heavy atom. The highest BCUT2D eigenvalue weighted by atomic mass is 19.2. The Morgan fingerprint density at radius 3 is 2.17 bits per heavy atom. The average Bonchev–Trinajstić information content (AvgIpc) is 2.86. The van der Waals surface area contributed by atoms with E-state index in [1.165, 1.54) is 18.2 Å². The van der Waals surface area contributed by atoms with Gasteiger partial charge in [0.15, 0.2) is 23.1 Å². The number of carbonyl (C=O) groups is 1. The smallest absolute Gasteiger partial charge is 0.346 e. The molecule has 0 radical (unpaired) electrons. The lowest BCUT2D eigenvalue weighted by atomic mass is 9.76. The number of phenolic OH excluding ortho intramolecular Hbond substituents is 1. The molecular weight excluding hydrogens is 483 g/mol. The van der Waals surface area contributed by atoms with Crippen molar-refractivity contribution in [3.8, 4) is 5.75 Å². The lowest BCUT2D eigenvalue weighted by Gasteiger charge is -2.29. The van der Waals surface area contributed by atoms with Crippen LogP contribution >= 0.6 is 0 Å². The third-order valence-corrected chi connectivity index (χ3v) is 6.16. The molecule has 0 bridgehead atoms. The monoisotopic (exact) mass is 508 g/mol. The Morgan fingerprint density at radius 2 is 1.56 bits per heavy atom. The van der Waals surface area contributed by atoms with Crippen molar-refractivity contribution in [3.05, 3.63) is 101 Å². The zero-order valence-electron chi connectivity index (χ0n) is 19.6. The van der Waals surface area contributed by atoms with Crippen molar-refractivity contribution in [1.29, 1.82) is 0 Å². The minimum atomic E-state index is -1.60. The standard InChI is InChI=1S/C27H25F5O4/c1-4-35-14(2)23(29)24(30)15(3)36-27(34)20-10-9-18(13-21(20)28)16-5-7-17(8-6-16)19-11-12-22(33)26(32)25(19)31/h9-13,16-17,33H,2-8H2,1H3/b24-23-. The number of hydrogen-bond donors (Lipinski definition) is 1. The highest BCUT2D eigenvalue weighted by Gasteiger charge is 2.28. The number of aromatic hydroxyl groups is 1. The van der Waals surface area contributed by atoms with Crippen molar-refractivity contribution < 1.29 is 41.3 Å². The van der Waals surface area contributed by atoms with Crippen molar-refractivity contribution in [1.82, 2.24) is 0 Å². The summed E-state index contributed by atoms with van der Waals surface area (Å²) in [5, 5.41) is 9.31. The molecule has 1 saturated carbocycles. The molecule has 192 valence electrons. The summed E-state index contributed by atoms with van der Waals surface area (Å²) < 4.78 is 80.1. The summed E-state index contributed by atoms with van der Waals surface area (Å²) in [6, 6.07) is 6.35. The molecule has 2 aromatic carbocycles. The number of carbonyl (C=O) groups excluding carboxylic acids is 1. The van der Waals surface area contributed by atoms with Crippen molar-refractivity contribution in [2.75, 3.05) is 6.61 Å². The predicted molar refractivity (Wildman–Crippen MR) is 123 cm³/mol. The Balaban J connectivity index is 1.66. The molecule has 0 atom stereocenters. The van der Waals surface area contributed by atoms with Crippen molar-refractivity contribution in [3.63, 3.8) is 0 Å². The molecule has 0 amide bonds. The van der Waals surface area contributed by atoms with Gasteiger partial charge in [-0.15, -0.1) is 0 Å². The maximum atomic E-state index is 14.7. The van der Waals surface area contributed by atoms with Crippen LogP contribution in [0.2, 0.25) is 0 Å². The van der Waals surface area contributed by atoms with Crippen LogP contribution in [0.4, 0.5) is 22.0 Å². The van der Waals surface area contributed by atoms with Crippen molar-refractivity contribution >= 4 is 5.97 Å². The third kappa shape index (κ3) is 5.78. The molecule has 0 unspecified atom stereocenters. The van der Waals surface area contributed by atoms with Gasteiger partial charge in [0, 0.05) is 0 Å². The number of rotatable bonds is 8. The van der Waals surface area contributed by atoms with Crippen LogP contribution in [0.5, 0.6) is 5.75 Å². The number of halogens is 5. The van der Waals surface area contributed by atoms with Gasteiger partial charge in [0.1, 0.15) is 5.82 Å². The minimum Gasteiger partial charge on any atom is -0.505 e. The van der Waals surface area contributed by atoms with E-state index in [0.29, 0.717) is 31.2 Å². The van der Waals surface area contributed by atoms with Gasteiger partial charge in [-0.2, -0.15) is 13.2 Å². The quantitative estimate of drug-likeness (QED) is 0.172. The molecule has 1 fully saturated rings. The van der Waals surface area contributed by atoms with Crippen LogP contribution in [0.25, 0.3) is 0 Å². The number of phenols is 1. The van der Waals surface area contributed by atoms with E-state index in [-0.39, 0.29) is 24.0 Å². The zero-order chi connectivity index (χ0) is 26.6. The van der Waals surface area contributed by atoms with Gasteiger partial charge in [0.05, 0.1) is 12.2 Å². The van der Waals surface area contributed by atoms with Crippen LogP contribution in [0.1, 0.15) is 65.9 Å². The molecular formula is C27H25F5O4. The van der Waals surface area contributed by atoms with Gasteiger partial charge in [0.2, 0.25) is 17.5 Å². The lowest BCUT2D eigenvalue weighted by molar-refractivity contribution is 0.0617. The van der Waals surface area contributed by atoms with E-state index >= 15 is 0 Å². The summed E-state index contributed by atoms with van der Waals surface area (Å²) in [7, 11) is 0. The van der Waals surface area contributed by atoms with Gasteiger partial charge in [-0.25, -0.2) is 13.6 Å². The Labute approximate surface area is 205 Å². The molecule has 36 heavy (non-hydrogen) atoms. The van der Waals surface area contributed by atoms with E-state index in [1.54, 1.807) is 6.92 Å². The summed E-state index contributed by atoms with van der Waals surface area (Å²) in [5.41, 5.74) is 0.298. The van der Waals surface area contributed by atoms with Crippen LogP contribution in [0, 0.1) is 17.5 Å². The molecule has 2 aromatic rings. The summed E-state index contributed by atoms with van der Waals surface area (Å²) in [6.07, 6.45) is 2.15. The van der Waals surface area contributed by atoms with Gasteiger partial charge in [-0.05, 0) is 73.8 Å². The van der Waals surface area contributed by atoms with E-state index in [4.69, 9.17) is 4.74 Å². The topological polar surface area (TPSA) is 55.8 Å². The molecule has 3 rings (SSSR count). The Hall–Kier alpha value is -3.62. The van der Waals surface area contributed by atoms with Crippen molar-refractivity contribution in [2.24, 2.45) is 0 Å². The van der Waals surface area contributed by atoms with Crippen molar-refractivity contribution in [2.45, 2.75) is 44.4 Å². The Kier molecular flexibility index (Phi) is 8.55. The van der Waals surface area contributed by atoms with E-state index in [2.05, 4.69) is 17.9 Å². The summed E-state index contributed by atoms with van der Waals surface area (Å²) in [4.78, 5) is 12.3. The number of allylic oxidation sites excluding steroid dienone is 2. The Bertz CT molecular complexity index is 1210. The number of hydrogen-bond acceptors (Lipinski definition) is 4. The summed E-state index contributed by atoms with van der Waals surface area (Å²) in [5.74, 6) is -10.2. The molecule has 4 nitrogen and oxygen atoms in total. The van der Waals surface area contributed by atoms with Gasteiger partial charge in [-0.1, -0.05) is 25.3 Å². The van der Waals surface area contributed by atoms with E-state index in [9.17, 15) is 31.9 Å². The second-order valence-electron chi connectivity index (χ2n) is 8.39. The van der Waals surface area contributed by atoms with Gasteiger partial charge < -0.3 is 14.6 Å².